The van der Waals surface area contributed by atoms with Gasteiger partial charge in [-0.25, -0.2) is 8.78 Å². The zero-order valence-electron chi connectivity index (χ0n) is 14.9. The number of hydrogen-bond donors (Lipinski definition) is 1. The van der Waals surface area contributed by atoms with E-state index in [4.69, 9.17) is 0 Å². The van der Waals surface area contributed by atoms with Gasteiger partial charge in [0.15, 0.2) is 0 Å². The van der Waals surface area contributed by atoms with Crippen LogP contribution in [-0.2, 0) is 16.1 Å². The molecule has 1 aliphatic rings. The molecular formula is C21H20F2N2O2. The summed E-state index contributed by atoms with van der Waals surface area (Å²) in [5.74, 6) is -1.65. The second-order valence-corrected chi connectivity index (χ2v) is 6.57. The van der Waals surface area contributed by atoms with Gasteiger partial charge in [0.1, 0.15) is 11.6 Å². The Balaban J connectivity index is 1.68. The summed E-state index contributed by atoms with van der Waals surface area (Å²) in [5.41, 5.74) is 1.78. The molecule has 2 aromatic rings. The number of carbonyl (C=O) groups excluding carboxylic acids is 2. The molecule has 0 atom stereocenters. The van der Waals surface area contributed by atoms with Crippen molar-refractivity contribution in [2.24, 2.45) is 0 Å². The predicted octanol–water partition coefficient (Wildman–Crippen LogP) is 4.13. The lowest BCUT2D eigenvalue weighted by Gasteiger charge is -2.21. The Labute approximate surface area is 156 Å². The topological polar surface area (TPSA) is 49.4 Å². The van der Waals surface area contributed by atoms with Gasteiger partial charge >= 0.3 is 0 Å². The molecular weight excluding hydrogens is 350 g/mol. The monoisotopic (exact) mass is 370 g/mol. The van der Waals surface area contributed by atoms with E-state index < -0.39 is 11.6 Å². The Kier molecular flexibility index (Phi) is 5.64. The molecule has 140 valence electrons. The molecule has 3 rings (SSSR count). The van der Waals surface area contributed by atoms with E-state index in [1.807, 2.05) is 0 Å². The average molecular weight is 370 g/mol. The number of hydrogen-bond acceptors (Lipinski definition) is 2. The van der Waals surface area contributed by atoms with Crippen LogP contribution in [0.1, 0.15) is 30.9 Å². The van der Waals surface area contributed by atoms with Crippen molar-refractivity contribution in [3.05, 3.63) is 71.3 Å². The summed E-state index contributed by atoms with van der Waals surface area (Å²) in [5, 5.41) is 2.67. The molecule has 1 fully saturated rings. The third-order valence-corrected chi connectivity index (χ3v) is 4.28. The summed E-state index contributed by atoms with van der Waals surface area (Å²) in [4.78, 5) is 25.2. The van der Waals surface area contributed by atoms with Crippen molar-refractivity contribution in [2.45, 2.75) is 32.4 Å². The van der Waals surface area contributed by atoms with Crippen LogP contribution in [0.2, 0.25) is 0 Å². The van der Waals surface area contributed by atoms with Gasteiger partial charge in [0, 0.05) is 42.9 Å². The van der Waals surface area contributed by atoms with Crippen LogP contribution in [0.3, 0.4) is 0 Å². The minimum atomic E-state index is -0.647. The molecule has 0 unspecified atom stereocenters. The van der Waals surface area contributed by atoms with Crippen molar-refractivity contribution in [3.63, 3.8) is 0 Å². The lowest BCUT2D eigenvalue weighted by molar-refractivity contribution is -0.127. The van der Waals surface area contributed by atoms with Crippen molar-refractivity contribution in [3.8, 4) is 0 Å². The van der Waals surface area contributed by atoms with Gasteiger partial charge in [0.2, 0.25) is 11.8 Å². The standard InChI is InChI=1S/C21H20F2N2O2/c1-14(26)24-18-7-2-15(3-8-18)4-11-21(27)25(19-9-10-19)13-16-5-6-17(22)12-20(16)23/h2-8,11-12,19H,9-10,13H2,1H3,(H,24,26)/b11-4+. The van der Waals surface area contributed by atoms with Crippen molar-refractivity contribution in [1.82, 2.24) is 4.90 Å². The van der Waals surface area contributed by atoms with E-state index in [1.54, 1.807) is 35.2 Å². The highest BCUT2D eigenvalue weighted by Gasteiger charge is 2.32. The number of amides is 2. The maximum Gasteiger partial charge on any atom is 0.247 e. The van der Waals surface area contributed by atoms with Crippen LogP contribution in [0.15, 0.2) is 48.5 Å². The Morgan fingerprint density at radius 2 is 1.85 bits per heavy atom. The predicted molar refractivity (Wildman–Crippen MR) is 99.7 cm³/mol. The largest absolute Gasteiger partial charge is 0.332 e. The van der Waals surface area contributed by atoms with Crippen LogP contribution in [0.5, 0.6) is 0 Å². The Bertz CT molecular complexity index is 874. The van der Waals surface area contributed by atoms with Gasteiger partial charge in [0.25, 0.3) is 0 Å². The highest BCUT2D eigenvalue weighted by Crippen LogP contribution is 2.29. The molecule has 1 aliphatic carbocycles. The summed E-state index contributed by atoms with van der Waals surface area (Å²) in [6.45, 7) is 1.55. The minimum Gasteiger partial charge on any atom is -0.332 e. The number of halogens is 2. The lowest BCUT2D eigenvalue weighted by Crippen LogP contribution is -2.31. The molecule has 1 saturated carbocycles. The van der Waals surface area contributed by atoms with E-state index >= 15 is 0 Å². The molecule has 1 N–H and O–H groups in total. The van der Waals surface area contributed by atoms with Crippen LogP contribution in [-0.4, -0.2) is 22.8 Å². The van der Waals surface area contributed by atoms with Crippen molar-refractivity contribution in [2.75, 3.05) is 5.32 Å². The van der Waals surface area contributed by atoms with E-state index in [9.17, 15) is 18.4 Å². The van der Waals surface area contributed by atoms with Gasteiger partial charge in [-0.3, -0.25) is 9.59 Å². The summed E-state index contributed by atoms with van der Waals surface area (Å²) in [7, 11) is 0. The fraction of sp³-hybridized carbons (Fsp3) is 0.238. The second kappa shape index (κ2) is 8.12. The molecule has 27 heavy (non-hydrogen) atoms. The van der Waals surface area contributed by atoms with Crippen molar-refractivity contribution < 1.29 is 18.4 Å². The zero-order chi connectivity index (χ0) is 19.4. The smallest absolute Gasteiger partial charge is 0.247 e. The van der Waals surface area contributed by atoms with Gasteiger partial charge < -0.3 is 10.2 Å². The summed E-state index contributed by atoms with van der Waals surface area (Å²) in [6, 6.07) is 10.6. The van der Waals surface area contributed by atoms with E-state index in [2.05, 4.69) is 5.32 Å². The quantitative estimate of drug-likeness (QED) is 0.778. The lowest BCUT2D eigenvalue weighted by atomic mass is 10.1. The fourth-order valence-corrected chi connectivity index (χ4v) is 2.75. The fourth-order valence-electron chi connectivity index (χ4n) is 2.75. The van der Waals surface area contributed by atoms with E-state index in [0.29, 0.717) is 11.3 Å². The minimum absolute atomic E-state index is 0.0914. The second-order valence-electron chi connectivity index (χ2n) is 6.57. The first-order valence-corrected chi connectivity index (χ1v) is 8.72. The van der Waals surface area contributed by atoms with Crippen LogP contribution in [0, 0.1) is 11.6 Å². The summed E-state index contributed by atoms with van der Waals surface area (Å²) < 4.78 is 27.0. The number of benzene rings is 2. The molecule has 0 spiro atoms. The normalized spacial score (nSPS) is 13.6. The van der Waals surface area contributed by atoms with Crippen LogP contribution < -0.4 is 5.32 Å². The number of anilines is 1. The Morgan fingerprint density at radius 1 is 1.15 bits per heavy atom. The number of nitrogens with one attached hydrogen (secondary N) is 1. The molecule has 0 bridgehead atoms. The molecule has 2 aromatic carbocycles. The van der Waals surface area contributed by atoms with E-state index in [0.717, 1.165) is 24.5 Å². The maximum absolute atomic E-state index is 13.9. The molecule has 0 radical (unpaired) electrons. The van der Waals surface area contributed by atoms with E-state index in [1.165, 1.54) is 25.1 Å². The molecule has 6 heteroatoms. The van der Waals surface area contributed by atoms with Gasteiger partial charge in [0.05, 0.1) is 0 Å². The third-order valence-electron chi connectivity index (χ3n) is 4.28. The number of nitrogens with zero attached hydrogens (tertiary/aromatic N) is 1. The Hall–Kier alpha value is -3.02. The molecule has 0 saturated heterocycles. The van der Waals surface area contributed by atoms with Gasteiger partial charge in [-0.05, 0) is 42.7 Å². The van der Waals surface area contributed by atoms with Crippen molar-refractivity contribution in [1.29, 1.82) is 0 Å². The van der Waals surface area contributed by atoms with Gasteiger partial charge in [-0.1, -0.05) is 18.2 Å². The van der Waals surface area contributed by atoms with Crippen molar-refractivity contribution >= 4 is 23.6 Å². The van der Waals surface area contributed by atoms with Crippen LogP contribution in [0.4, 0.5) is 14.5 Å². The third kappa shape index (κ3) is 5.23. The highest BCUT2D eigenvalue weighted by molar-refractivity contribution is 5.92. The molecule has 0 aromatic heterocycles. The van der Waals surface area contributed by atoms with E-state index in [-0.39, 0.29) is 24.4 Å². The van der Waals surface area contributed by atoms with Gasteiger partial charge in [-0.15, -0.1) is 0 Å². The van der Waals surface area contributed by atoms with Crippen LogP contribution >= 0.6 is 0 Å². The average Bonchev–Trinajstić information content (AvgIpc) is 3.45. The van der Waals surface area contributed by atoms with Crippen LogP contribution in [0.25, 0.3) is 6.08 Å². The molecule has 0 heterocycles. The first kappa shape index (κ1) is 18.8. The Morgan fingerprint density at radius 3 is 2.44 bits per heavy atom. The SMILES string of the molecule is CC(=O)Nc1ccc(/C=C/C(=O)N(Cc2ccc(F)cc2F)C2CC2)cc1. The maximum atomic E-state index is 13.9. The number of carbonyl (C=O) groups is 2. The first-order valence-electron chi connectivity index (χ1n) is 8.72. The summed E-state index contributed by atoms with van der Waals surface area (Å²) in [6.07, 6.45) is 4.89. The first-order chi connectivity index (χ1) is 12.9. The van der Waals surface area contributed by atoms with Gasteiger partial charge in [-0.2, -0.15) is 0 Å². The molecule has 4 nitrogen and oxygen atoms in total. The molecule has 2 amide bonds. The molecule has 0 aliphatic heterocycles. The summed E-state index contributed by atoms with van der Waals surface area (Å²) >= 11 is 0. The zero-order valence-corrected chi connectivity index (χ0v) is 14.9. The number of rotatable bonds is 6. The highest BCUT2D eigenvalue weighted by atomic mass is 19.1.